The van der Waals surface area contributed by atoms with Gasteiger partial charge in [-0.1, -0.05) is 31.5 Å². The van der Waals surface area contributed by atoms with Crippen LogP contribution in [-0.4, -0.2) is 19.1 Å². The molecule has 1 aromatic carbocycles. The van der Waals surface area contributed by atoms with E-state index in [0.717, 1.165) is 18.1 Å². The van der Waals surface area contributed by atoms with Crippen LogP contribution in [-0.2, 0) is 0 Å². The highest BCUT2D eigenvalue weighted by molar-refractivity contribution is 6.33. The number of anilines is 1. The minimum atomic E-state index is 0.358. The van der Waals surface area contributed by atoms with E-state index in [-0.39, 0.29) is 0 Å². The van der Waals surface area contributed by atoms with Gasteiger partial charge in [-0.2, -0.15) is 0 Å². The van der Waals surface area contributed by atoms with Gasteiger partial charge in [-0.3, -0.25) is 0 Å². The average Bonchev–Trinajstić information content (AvgIpc) is 2.87. The topological polar surface area (TPSA) is 15.3 Å². The molecule has 0 amide bonds. The van der Waals surface area contributed by atoms with Crippen LogP contribution in [0.2, 0.25) is 5.02 Å². The second-order valence-corrected chi connectivity index (χ2v) is 5.80. The first kappa shape index (κ1) is 14.7. The van der Waals surface area contributed by atoms with Gasteiger partial charge < -0.3 is 10.2 Å². The van der Waals surface area contributed by atoms with Crippen molar-refractivity contribution in [3.8, 4) is 0 Å². The second-order valence-electron chi connectivity index (χ2n) is 5.39. The Morgan fingerprint density at radius 3 is 2.84 bits per heavy atom. The number of halogens is 1. The van der Waals surface area contributed by atoms with Gasteiger partial charge in [-0.05, 0) is 50.4 Å². The van der Waals surface area contributed by atoms with Crippen LogP contribution in [0.25, 0.3) is 0 Å². The molecule has 106 valence electrons. The van der Waals surface area contributed by atoms with Crippen LogP contribution in [0.3, 0.4) is 0 Å². The zero-order valence-corrected chi connectivity index (χ0v) is 13.0. The molecular weight excluding hydrogens is 256 g/mol. The maximum absolute atomic E-state index is 6.51. The van der Waals surface area contributed by atoms with Crippen LogP contribution in [0.5, 0.6) is 0 Å². The lowest BCUT2D eigenvalue weighted by molar-refractivity contribution is 0.598. The second kappa shape index (κ2) is 6.62. The third kappa shape index (κ3) is 3.24. The van der Waals surface area contributed by atoms with Crippen molar-refractivity contribution in [2.45, 2.75) is 52.1 Å². The van der Waals surface area contributed by atoms with Crippen molar-refractivity contribution in [3.05, 3.63) is 28.8 Å². The molecule has 1 N–H and O–H groups in total. The standard InChI is InChI=1S/C16H25ClN2/c1-4-14-7-6-10-19(14)16-9-8-13(11-15(16)17)12(3)18-5-2/h8-9,11-12,14,18H,4-7,10H2,1-3H3. The van der Waals surface area contributed by atoms with Crippen LogP contribution in [0.1, 0.15) is 51.6 Å². The fourth-order valence-electron chi connectivity index (χ4n) is 3.03. The zero-order chi connectivity index (χ0) is 13.8. The first-order chi connectivity index (χ1) is 9.17. The highest BCUT2D eigenvalue weighted by Gasteiger charge is 2.24. The first-order valence-electron chi connectivity index (χ1n) is 7.46. The number of benzene rings is 1. The lowest BCUT2D eigenvalue weighted by Gasteiger charge is -2.27. The smallest absolute Gasteiger partial charge is 0.0642 e. The normalized spacial score (nSPS) is 20.8. The molecule has 19 heavy (non-hydrogen) atoms. The van der Waals surface area contributed by atoms with Gasteiger partial charge in [-0.15, -0.1) is 0 Å². The van der Waals surface area contributed by atoms with Gasteiger partial charge in [0.2, 0.25) is 0 Å². The largest absolute Gasteiger partial charge is 0.367 e. The number of hydrogen-bond donors (Lipinski definition) is 1. The van der Waals surface area contributed by atoms with Crippen LogP contribution < -0.4 is 10.2 Å². The molecule has 0 aliphatic carbocycles. The molecule has 0 saturated carbocycles. The summed E-state index contributed by atoms with van der Waals surface area (Å²) in [6.45, 7) is 8.69. The van der Waals surface area contributed by atoms with E-state index in [1.807, 2.05) is 0 Å². The molecule has 1 saturated heterocycles. The molecule has 1 aliphatic heterocycles. The summed E-state index contributed by atoms with van der Waals surface area (Å²) in [4.78, 5) is 2.48. The van der Waals surface area contributed by atoms with E-state index < -0.39 is 0 Å². The van der Waals surface area contributed by atoms with Gasteiger partial charge in [0.15, 0.2) is 0 Å². The Morgan fingerprint density at radius 1 is 1.42 bits per heavy atom. The molecule has 2 atom stereocenters. The molecule has 1 aliphatic rings. The Kier molecular flexibility index (Phi) is 5.12. The molecule has 1 fully saturated rings. The molecular formula is C16H25ClN2. The number of hydrogen-bond acceptors (Lipinski definition) is 2. The average molecular weight is 281 g/mol. The molecule has 0 aromatic heterocycles. The maximum Gasteiger partial charge on any atom is 0.0642 e. The SMILES string of the molecule is CCNC(C)c1ccc(N2CCCC2CC)c(Cl)c1. The van der Waals surface area contributed by atoms with Crippen LogP contribution >= 0.6 is 11.6 Å². The van der Waals surface area contributed by atoms with Gasteiger partial charge in [0.05, 0.1) is 10.7 Å². The van der Waals surface area contributed by atoms with Crippen LogP contribution in [0, 0.1) is 0 Å². The Morgan fingerprint density at radius 2 is 2.21 bits per heavy atom. The fraction of sp³-hybridized carbons (Fsp3) is 0.625. The van der Waals surface area contributed by atoms with E-state index in [1.54, 1.807) is 0 Å². The first-order valence-corrected chi connectivity index (χ1v) is 7.84. The van der Waals surface area contributed by atoms with E-state index >= 15 is 0 Å². The van der Waals surface area contributed by atoms with Crippen LogP contribution in [0.15, 0.2) is 18.2 Å². The zero-order valence-electron chi connectivity index (χ0n) is 12.2. The molecule has 3 heteroatoms. The molecule has 2 unspecified atom stereocenters. The van der Waals surface area contributed by atoms with E-state index in [1.165, 1.54) is 30.5 Å². The number of nitrogens with one attached hydrogen (secondary N) is 1. The van der Waals surface area contributed by atoms with Gasteiger partial charge >= 0.3 is 0 Å². The van der Waals surface area contributed by atoms with E-state index in [0.29, 0.717) is 12.1 Å². The van der Waals surface area contributed by atoms with E-state index in [4.69, 9.17) is 11.6 Å². The molecule has 1 aromatic rings. The Balaban J connectivity index is 2.19. The quantitative estimate of drug-likeness (QED) is 0.860. The van der Waals surface area contributed by atoms with Crippen molar-refractivity contribution in [1.29, 1.82) is 0 Å². The summed E-state index contributed by atoms with van der Waals surface area (Å²) in [5.74, 6) is 0. The van der Waals surface area contributed by atoms with E-state index in [9.17, 15) is 0 Å². The Hall–Kier alpha value is -0.730. The molecule has 0 bridgehead atoms. The highest BCUT2D eigenvalue weighted by Crippen LogP contribution is 2.34. The number of rotatable bonds is 5. The third-order valence-electron chi connectivity index (χ3n) is 4.14. The summed E-state index contributed by atoms with van der Waals surface area (Å²) in [6.07, 6.45) is 3.78. The minimum absolute atomic E-state index is 0.358. The molecule has 2 nitrogen and oxygen atoms in total. The fourth-order valence-corrected chi connectivity index (χ4v) is 3.32. The monoisotopic (exact) mass is 280 g/mol. The highest BCUT2D eigenvalue weighted by atomic mass is 35.5. The molecule has 1 heterocycles. The summed E-state index contributed by atoms with van der Waals surface area (Å²) in [5, 5.41) is 4.32. The van der Waals surface area contributed by atoms with Gasteiger partial charge in [0.25, 0.3) is 0 Å². The van der Waals surface area contributed by atoms with Crippen molar-refractivity contribution in [2.75, 3.05) is 18.0 Å². The Labute approximate surface area is 122 Å². The number of nitrogens with zero attached hydrogens (tertiary/aromatic N) is 1. The molecule has 0 radical (unpaired) electrons. The predicted molar refractivity (Wildman–Crippen MR) is 84.2 cm³/mol. The summed E-state index contributed by atoms with van der Waals surface area (Å²) < 4.78 is 0. The van der Waals surface area contributed by atoms with Crippen molar-refractivity contribution < 1.29 is 0 Å². The van der Waals surface area contributed by atoms with Gasteiger partial charge in [-0.25, -0.2) is 0 Å². The van der Waals surface area contributed by atoms with Gasteiger partial charge in [0.1, 0.15) is 0 Å². The Bertz CT molecular complexity index is 419. The lowest BCUT2D eigenvalue weighted by atomic mass is 10.1. The summed E-state index contributed by atoms with van der Waals surface area (Å²) in [5.41, 5.74) is 2.47. The van der Waals surface area contributed by atoms with E-state index in [2.05, 4.69) is 49.2 Å². The maximum atomic E-state index is 6.51. The van der Waals surface area contributed by atoms with Crippen molar-refractivity contribution in [1.82, 2.24) is 5.32 Å². The van der Waals surface area contributed by atoms with Crippen molar-refractivity contribution in [2.24, 2.45) is 0 Å². The summed E-state index contributed by atoms with van der Waals surface area (Å²) in [7, 11) is 0. The molecule has 2 rings (SSSR count). The van der Waals surface area contributed by atoms with Crippen molar-refractivity contribution in [3.63, 3.8) is 0 Å². The predicted octanol–water partition coefficient (Wildman–Crippen LogP) is 4.39. The van der Waals surface area contributed by atoms with Crippen molar-refractivity contribution >= 4 is 17.3 Å². The van der Waals surface area contributed by atoms with Gasteiger partial charge in [0, 0.05) is 18.6 Å². The van der Waals surface area contributed by atoms with Crippen LogP contribution in [0.4, 0.5) is 5.69 Å². The third-order valence-corrected chi connectivity index (χ3v) is 4.44. The minimum Gasteiger partial charge on any atom is -0.367 e. The molecule has 0 spiro atoms. The lowest BCUT2D eigenvalue weighted by Crippen LogP contribution is -2.28. The summed E-state index contributed by atoms with van der Waals surface area (Å²) in [6, 6.07) is 7.54. The summed E-state index contributed by atoms with van der Waals surface area (Å²) >= 11 is 6.51.